The Morgan fingerprint density at radius 3 is 3.06 bits per heavy atom. The van der Waals surface area contributed by atoms with E-state index in [1.807, 2.05) is 6.20 Å². The van der Waals surface area contributed by atoms with Crippen LogP contribution in [0.1, 0.15) is 24.8 Å². The second-order valence-corrected chi connectivity index (χ2v) is 5.93. The van der Waals surface area contributed by atoms with Gasteiger partial charge in [0.15, 0.2) is 0 Å². The lowest BCUT2D eigenvalue weighted by molar-refractivity contribution is 0.563. The van der Waals surface area contributed by atoms with Crippen molar-refractivity contribution in [1.29, 1.82) is 0 Å². The minimum Gasteiger partial charge on any atom is -0.354 e. The summed E-state index contributed by atoms with van der Waals surface area (Å²) >= 11 is 3.67. The number of nitrogens with one attached hydrogen (secondary N) is 1. The molecule has 3 rings (SSSR count). The van der Waals surface area contributed by atoms with E-state index in [9.17, 15) is 0 Å². The molecule has 3 heterocycles. The molecule has 2 unspecified atom stereocenters. The molecule has 0 spiro atoms. The Balaban J connectivity index is 1.86. The molecule has 2 aliphatic heterocycles. The standard InChI is InChI=1S/C13H18BrN3/c1-9-4-6-15-13(12(9)14)17-7-5-10-2-3-11(8-17)16-10/h4,6,10-11,16H,2-3,5,7-8H2,1H3. The fourth-order valence-corrected chi connectivity index (χ4v) is 3.37. The van der Waals surface area contributed by atoms with E-state index < -0.39 is 0 Å². The third kappa shape index (κ3) is 2.20. The monoisotopic (exact) mass is 295 g/mol. The normalized spacial score (nSPS) is 28.2. The third-order valence-electron chi connectivity index (χ3n) is 3.89. The number of aromatic nitrogens is 1. The molecule has 0 aromatic carbocycles. The Hall–Kier alpha value is -0.610. The predicted octanol–water partition coefficient (Wildman–Crippen LogP) is 2.48. The molecule has 1 aromatic heterocycles. The van der Waals surface area contributed by atoms with Crippen LogP contribution in [-0.2, 0) is 0 Å². The number of rotatable bonds is 1. The lowest BCUT2D eigenvalue weighted by Gasteiger charge is -2.26. The van der Waals surface area contributed by atoms with Crippen molar-refractivity contribution in [2.24, 2.45) is 0 Å². The quantitative estimate of drug-likeness (QED) is 0.863. The van der Waals surface area contributed by atoms with Crippen LogP contribution >= 0.6 is 15.9 Å². The Morgan fingerprint density at radius 2 is 2.18 bits per heavy atom. The largest absolute Gasteiger partial charge is 0.354 e. The van der Waals surface area contributed by atoms with Gasteiger partial charge in [-0.05, 0) is 53.7 Å². The van der Waals surface area contributed by atoms with Crippen LogP contribution in [0.3, 0.4) is 0 Å². The topological polar surface area (TPSA) is 28.2 Å². The number of anilines is 1. The first-order chi connectivity index (χ1) is 8.24. The van der Waals surface area contributed by atoms with Crippen molar-refractivity contribution in [2.45, 2.75) is 38.3 Å². The van der Waals surface area contributed by atoms with Crippen molar-refractivity contribution in [3.05, 3.63) is 22.3 Å². The Labute approximate surface area is 111 Å². The first-order valence-corrected chi connectivity index (χ1v) is 7.15. The molecule has 0 radical (unpaired) electrons. The maximum Gasteiger partial charge on any atom is 0.143 e. The van der Waals surface area contributed by atoms with Crippen LogP contribution in [0.4, 0.5) is 5.82 Å². The van der Waals surface area contributed by atoms with Gasteiger partial charge in [-0.2, -0.15) is 0 Å². The number of pyridine rings is 1. The second kappa shape index (κ2) is 4.58. The molecule has 0 aliphatic carbocycles. The molecule has 2 saturated heterocycles. The minimum atomic E-state index is 0.650. The lowest BCUT2D eigenvalue weighted by atomic mass is 10.1. The SMILES string of the molecule is Cc1ccnc(N2CCC3CCC(C2)N3)c1Br. The summed E-state index contributed by atoms with van der Waals surface area (Å²) in [5, 5.41) is 3.70. The van der Waals surface area contributed by atoms with E-state index >= 15 is 0 Å². The van der Waals surface area contributed by atoms with Crippen LogP contribution < -0.4 is 10.2 Å². The van der Waals surface area contributed by atoms with Gasteiger partial charge in [-0.25, -0.2) is 4.98 Å². The molecule has 3 nitrogen and oxygen atoms in total. The number of hydrogen-bond donors (Lipinski definition) is 1. The molecule has 2 atom stereocenters. The third-order valence-corrected chi connectivity index (χ3v) is 4.87. The van der Waals surface area contributed by atoms with Gasteiger partial charge >= 0.3 is 0 Å². The Kier molecular flexibility index (Phi) is 3.09. The number of aryl methyl sites for hydroxylation is 1. The van der Waals surface area contributed by atoms with Crippen molar-refractivity contribution in [1.82, 2.24) is 10.3 Å². The van der Waals surface area contributed by atoms with Gasteiger partial charge in [-0.3, -0.25) is 0 Å². The predicted molar refractivity (Wildman–Crippen MR) is 73.4 cm³/mol. The van der Waals surface area contributed by atoms with E-state index in [0.29, 0.717) is 6.04 Å². The molecule has 4 heteroatoms. The van der Waals surface area contributed by atoms with E-state index in [1.54, 1.807) is 0 Å². The van der Waals surface area contributed by atoms with Crippen molar-refractivity contribution in [3.8, 4) is 0 Å². The van der Waals surface area contributed by atoms with Crippen molar-refractivity contribution < 1.29 is 0 Å². The summed E-state index contributed by atoms with van der Waals surface area (Å²) in [4.78, 5) is 6.96. The number of nitrogens with zero attached hydrogens (tertiary/aromatic N) is 2. The van der Waals surface area contributed by atoms with E-state index in [1.165, 1.54) is 24.8 Å². The molecule has 2 fully saturated rings. The van der Waals surface area contributed by atoms with Crippen molar-refractivity contribution in [2.75, 3.05) is 18.0 Å². The average Bonchev–Trinajstić information content (AvgIpc) is 2.63. The summed E-state index contributed by atoms with van der Waals surface area (Å²) in [7, 11) is 0. The molecule has 2 bridgehead atoms. The van der Waals surface area contributed by atoms with Crippen LogP contribution in [0.2, 0.25) is 0 Å². The van der Waals surface area contributed by atoms with E-state index in [4.69, 9.17) is 0 Å². The molecular formula is C13H18BrN3. The van der Waals surface area contributed by atoms with Crippen LogP contribution in [-0.4, -0.2) is 30.2 Å². The van der Waals surface area contributed by atoms with Gasteiger partial charge in [0.2, 0.25) is 0 Å². The summed E-state index contributed by atoms with van der Waals surface area (Å²) in [6, 6.07) is 3.43. The molecule has 92 valence electrons. The van der Waals surface area contributed by atoms with Gasteiger partial charge in [0.1, 0.15) is 5.82 Å². The number of hydrogen-bond acceptors (Lipinski definition) is 3. The summed E-state index contributed by atoms with van der Waals surface area (Å²) in [6.07, 6.45) is 5.80. The van der Waals surface area contributed by atoms with Crippen LogP contribution in [0.15, 0.2) is 16.7 Å². The maximum absolute atomic E-state index is 4.54. The number of halogens is 1. The molecule has 0 saturated carbocycles. The smallest absolute Gasteiger partial charge is 0.143 e. The zero-order valence-electron chi connectivity index (χ0n) is 10.1. The van der Waals surface area contributed by atoms with Gasteiger partial charge in [0.05, 0.1) is 4.47 Å². The minimum absolute atomic E-state index is 0.650. The first-order valence-electron chi connectivity index (χ1n) is 6.36. The van der Waals surface area contributed by atoms with E-state index in [2.05, 4.69) is 44.1 Å². The Morgan fingerprint density at radius 1 is 1.35 bits per heavy atom. The maximum atomic E-state index is 4.54. The highest BCUT2D eigenvalue weighted by molar-refractivity contribution is 9.10. The van der Waals surface area contributed by atoms with E-state index in [-0.39, 0.29) is 0 Å². The summed E-state index contributed by atoms with van der Waals surface area (Å²) in [6.45, 7) is 4.33. The molecule has 1 N–H and O–H groups in total. The molecule has 2 aliphatic rings. The van der Waals surface area contributed by atoms with Gasteiger partial charge < -0.3 is 10.2 Å². The number of fused-ring (bicyclic) bond motifs is 2. The fourth-order valence-electron chi connectivity index (χ4n) is 2.88. The second-order valence-electron chi connectivity index (χ2n) is 5.14. The zero-order valence-corrected chi connectivity index (χ0v) is 11.7. The average molecular weight is 296 g/mol. The lowest BCUT2D eigenvalue weighted by Crippen LogP contribution is -2.35. The van der Waals surface area contributed by atoms with Crippen LogP contribution in [0.5, 0.6) is 0 Å². The summed E-state index contributed by atoms with van der Waals surface area (Å²) in [5.74, 6) is 1.11. The highest BCUT2D eigenvalue weighted by Crippen LogP contribution is 2.30. The van der Waals surface area contributed by atoms with Crippen molar-refractivity contribution in [3.63, 3.8) is 0 Å². The van der Waals surface area contributed by atoms with Crippen LogP contribution in [0, 0.1) is 6.92 Å². The Bertz CT molecular complexity index is 421. The van der Waals surface area contributed by atoms with Crippen LogP contribution in [0.25, 0.3) is 0 Å². The van der Waals surface area contributed by atoms with Gasteiger partial charge in [-0.1, -0.05) is 0 Å². The van der Waals surface area contributed by atoms with E-state index in [0.717, 1.165) is 29.4 Å². The summed E-state index contributed by atoms with van der Waals surface area (Å²) in [5.41, 5.74) is 1.26. The first kappa shape index (κ1) is 11.5. The van der Waals surface area contributed by atoms with Gasteiger partial charge in [0, 0.05) is 31.4 Å². The van der Waals surface area contributed by atoms with Gasteiger partial charge in [-0.15, -0.1) is 0 Å². The molecular weight excluding hydrogens is 278 g/mol. The van der Waals surface area contributed by atoms with Crippen molar-refractivity contribution >= 4 is 21.7 Å². The molecule has 1 aromatic rings. The fraction of sp³-hybridized carbons (Fsp3) is 0.615. The summed E-state index contributed by atoms with van der Waals surface area (Å²) < 4.78 is 1.15. The highest BCUT2D eigenvalue weighted by atomic mass is 79.9. The van der Waals surface area contributed by atoms with Gasteiger partial charge in [0.25, 0.3) is 0 Å². The molecule has 0 amide bonds. The molecule has 17 heavy (non-hydrogen) atoms. The highest BCUT2D eigenvalue weighted by Gasteiger charge is 2.30. The zero-order chi connectivity index (χ0) is 11.8.